The second-order valence-electron chi connectivity index (χ2n) is 7.25. The third-order valence-electron chi connectivity index (χ3n) is 4.92. The number of carbonyl (C=O) groups excluding carboxylic acids is 2. The van der Waals surface area contributed by atoms with Crippen LogP contribution in [-0.4, -0.2) is 53.0 Å². The maximum atomic E-state index is 13.0. The molecule has 1 aromatic carbocycles. The van der Waals surface area contributed by atoms with Gasteiger partial charge in [-0.15, -0.1) is 0 Å². The van der Waals surface area contributed by atoms with Crippen LogP contribution in [0.15, 0.2) is 54.4 Å². The second-order valence-corrected chi connectivity index (χ2v) is 7.25. The Kier molecular flexibility index (Phi) is 6.84. The highest BCUT2D eigenvalue weighted by Crippen LogP contribution is 2.40. The van der Waals surface area contributed by atoms with Crippen LogP contribution in [0.25, 0.3) is 5.76 Å². The van der Waals surface area contributed by atoms with E-state index < -0.39 is 17.7 Å². The van der Waals surface area contributed by atoms with Crippen LogP contribution >= 0.6 is 0 Å². The van der Waals surface area contributed by atoms with Gasteiger partial charge in [0.2, 0.25) is 0 Å². The summed E-state index contributed by atoms with van der Waals surface area (Å²) in [6.45, 7) is 4.68. The first kappa shape index (κ1) is 21.5. The molecule has 1 saturated heterocycles. The minimum atomic E-state index is -0.718. The number of aliphatic hydroxyl groups excluding tert-OH is 1. The molecule has 0 bridgehead atoms. The number of pyridine rings is 1. The molecule has 7 heteroatoms. The molecule has 2 heterocycles. The minimum absolute atomic E-state index is 0.0421. The lowest BCUT2D eigenvalue weighted by Gasteiger charge is -2.25. The first-order valence-corrected chi connectivity index (χ1v) is 9.89. The second kappa shape index (κ2) is 9.54. The van der Waals surface area contributed by atoms with E-state index in [-0.39, 0.29) is 17.4 Å². The highest BCUT2D eigenvalue weighted by Gasteiger charge is 2.46. The number of carbonyl (C=O) groups is 2. The number of nitrogens with zero attached hydrogens (tertiary/aromatic N) is 2. The average molecular weight is 410 g/mol. The van der Waals surface area contributed by atoms with E-state index in [0.717, 1.165) is 0 Å². The third-order valence-corrected chi connectivity index (χ3v) is 4.92. The number of likely N-dealkylation sites (tertiary alicyclic amines) is 1. The van der Waals surface area contributed by atoms with E-state index in [1.165, 1.54) is 12.0 Å². The number of benzene rings is 1. The van der Waals surface area contributed by atoms with E-state index in [4.69, 9.17) is 9.47 Å². The van der Waals surface area contributed by atoms with Gasteiger partial charge in [0, 0.05) is 25.5 Å². The van der Waals surface area contributed by atoms with Gasteiger partial charge >= 0.3 is 0 Å². The normalized spacial score (nSPS) is 18.3. The quantitative estimate of drug-likeness (QED) is 0.311. The van der Waals surface area contributed by atoms with Crippen LogP contribution in [0.4, 0.5) is 0 Å². The number of aliphatic hydroxyl groups is 1. The summed E-state index contributed by atoms with van der Waals surface area (Å²) in [6.07, 6.45) is 3.85. The van der Waals surface area contributed by atoms with E-state index in [1.54, 1.807) is 48.8 Å². The number of ether oxygens (including phenoxy) is 2. The lowest BCUT2D eigenvalue weighted by atomic mass is 9.95. The summed E-state index contributed by atoms with van der Waals surface area (Å²) in [7, 11) is 1.49. The first-order chi connectivity index (χ1) is 14.5. The topological polar surface area (TPSA) is 89.0 Å². The molecule has 1 aliphatic rings. The Morgan fingerprint density at radius 2 is 1.87 bits per heavy atom. The zero-order valence-corrected chi connectivity index (χ0v) is 17.4. The first-order valence-electron chi connectivity index (χ1n) is 9.89. The van der Waals surface area contributed by atoms with E-state index in [9.17, 15) is 14.7 Å². The standard InChI is InChI=1S/C23H26N2O5/c1-15(2)30-14-6-13-25-20(16-9-11-24-12-10-16)19(22(27)23(25)28)21(26)17-7-4-5-8-18(17)29-3/h4-5,7-12,15,20,26H,6,13-14H2,1-3H3/b21-19-. The number of para-hydroxylation sites is 1. The van der Waals surface area contributed by atoms with Gasteiger partial charge < -0.3 is 19.5 Å². The van der Waals surface area contributed by atoms with Crippen LogP contribution in [0.2, 0.25) is 0 Å². The molecule has 3 rings (SSSR count). The molecular formula is C23H26N2O5. The predicted molar refractivity (Wildman–Crippen MR) is 112 cm³/mol. The Morgan fingerprint density at radius 1 is 1.17 bits per heavy atom. The Bertz CT molecular complexity index is 940. The molecule has 158 valence electrons. The fraction of sp³-hybridized carbons (Fsp3) is 0.348. The van der Waals surface area contributed by atoms with E-state index in [0.29, 0.717) is 36.4 Å². The van der Waals surface area contributed by atoms with Gasteiger partial charge in [-0.1, -0.05) is 12.1 Å². The van der Waals surface area contributed by atoms with E-state index in [2.05, 4.69) is 4.98 Å². The summed E-state index contributed by atoms with van der Waals surface area (Å²) >= 11 is 0. The van der Waals surface area contributed by atoms with Crippen LogP contribution in [0.3, 0.4) is 0 Å². The van der Waals surface area contributed by atoms with Crippen molar-refractivity contribution < 1.29 is 24.2 Å². The smallest absolute Gasteiger partial charge is 0.295 e. The molecular weight excluding hydrogens is 384 g/mol. The lowest BCUT2D eigenvalue weighted by molar-refractivity contribution is -0.140. The number of aromatic nitrogens is 1. The largest absolute Gasteiger partial charge is 0.507 e. The van der Waals surface area contributed by atoms with Crippen LogP contribution in [0.1, 0.15) is 37.4 Å². The van der Waals surface area contributed by atoms with E-state index >= 15 is 0 Å². The van der Waals surface area contributed by atoms with Crippen LogP contribution in [-0.2, 0) is 14.3 Å². The van der Waals surface area contributed by atoms with Gasteiger partial charge in [0.1, 0.15) is 11.5 Å². The van der Waals surface area contributed by atoms with Crippen molar-refractivity contribution in [2.45, 2.75) is 32.4 Å². The molecule has 1 atom stereocenters. The summed E-state index contributed by atoms with van der Waals surface area (Å²) in [5.41, 5.74) is 1.10. The minimum Gasteiger partial charge on any atom is -0.507 e. The molecule has 1 amide bonds. The number of methoxy groups -OCH3 is 1. The van der Waals surface area contributed by atoms with Gasteiger partial charge in [-0.25, -0.2) is 0 Å². The fourth-order valence-corrected chi connectivity index (χ4v) is 3.54. The Labute approximate surface area is 175 Å². The predicted octanol–water partition coefficient (Wildman–Crippen LogP) is 3.33. The van der Waals surface area contributed by atoms with Crippen molar-refractivity contribution >= 4 is 17.4 Å². The van der Waals surface area contributed by atoms with Crippen LogP contribution in [0, 0.1) is 0 Å². The molecule has 1 N–H and O–H groups in total. The van der Waals surface area contributed by atoms with E-state index in [1.807, 2.05) is 13.8 Å². The van der Waals surface area contributed by atoms with Gasteiger partial charge in [0.25, 0.3) is 11.7 Å². The number of Topliss-reactive ketones (excluding diaryl/α,β-unsaturated/α-hetero) is 1. The van der Waals surface area contributed by atoms with Gasteiger partial charge in [0.15, 0.2) is 0 Å². The van der Waals surface area contributed by atoms with Crippen molar-refractivity contribution in [1.29, 1.82) is 0 Å². The van der Waals surface area contributed by atoms with Gasteiger partial charge in [-0.05, 0) is 50.1 Å². The monoisotopic (exact) mass is 410 g/mol. The number of rotatable bonds is 8. The molecule has 0 spiro atoms. The summed E-state index contributed by atoms with van der Waals surface area (Å²) in [4.78, 5) is 31.3. The number of amides is 1. The summed E-state index contributed by atoms with van der Waals surface area (Å²) in [5.74, 6) is -1.20. The Hall–Kier alpha value is -3.19. The van der Waals surface area contributed by atoms with Crippen molar-refractivity contribution in [2.75, 3.05) is 20.3 Å². The number of ketones is 1. The van der Waals surface area contributed by atoms with Crippen molar-refractivity contribution in [3.8, 4) is 5.75 Å². The van der Waals surface area contributed by atoms with Crippen LogP contribution < -0.4 is 4.74 Å². The SMILES string of the molecule is COc1ccccc1/C(O)=C1/C(=O)C(=O)N(CCCOC(C)C)C1c1ccncc1. The fourth-order valence-electron chi connectivity index (χ4n) is 3.54. The molecule has 0 saturated carbocycles. The molecule has 1 aromatic heterocycles. The molecule has 0 aliphatic carbocycles. The maximum Gasteiger partial charge on any atom is 0.295 e. The summed E-state index contributed by atoms with van der Waals surface area (Å²) in [6, 6.07) is 9.61. The van der Waals surface area contributed by atoms with Crippen molar-refractivity contribution in [2.24, 2.45) is 0 Å². The Balaban J connectivity index is 2.04. The van der Waals surface area contributed by atoms with Crippen molar-refractivity contribution in [3.05, 3.63) is 65.5 Å². The molecule has 1 aliphatic heterocycles. The number of hydrogen-bond donors (Lipinski definition) is 1. The van der Waals surface area contributed by atoms with Gasteiger partial charge in [-0.2, -0.15) is 0 Å². The molecule has 1 fully saturated rings. The molecule has 1 unspecified atom stereocenters. The van der Waals surface area contributed by atoms with Crippen molar-refractivity contribution in [1.82, 2.24) is 9.88 Å². The average Bonchev–Trinajstić information content (AvgIpc) is 3.01. The number of hydrogen-bond acceptors (Lipinski definition) is 6. The highest BCUT2D eigenvalue weighted by molar-refractivity contribution is 6.46. The molecule has 2 aromatic rings. The summed E-state index contributed by atoms with van der Waals surface area (Å²) in [5, 5.41) is 11.1. The maximum absolute atomic E-state index is 13.0. The zero-order chi connectivity index (χ0) is 21.7. The zero-order valence-electron chi connectivity index (χ0n) is 17.4. The molecule has 0 radical (unpaired) electrons. The lowest BCUT2D eigenvalue weighted by Crippen LogP contribution is -2.31. The van der Waals surface area contributed by atoms with Gasteiger partial charge in [-0.3, -0.25) is 14.6 Å². The summed E-state index contributed by atoms with van der Waals surface area (Å²) < 4.78 is 10.9. The van der Waals surface area contributed by atoms with Crippen LogP contribution in [0.5, 0.6) is 5.75 Å². The Morgan fingerprint density at radius 3 is 2.53 bits per heavy atom. The third kappa shape index (κ3) is 4.36. The van der Waals surface area contributed by atoms with Crippen molar-refractivity contribution in [3.63, 3.8) is 0 Å². The molecule has 7 nitrogen and oxygen atoms in total. The highest BCUT2D eigenvalue weighted by atomic mass is 16.5. The molecule has 30 heavy (non-hydrogen) atoms. The van der Waals surface area contributed by atoms with Gasteiger partial charge in [0.05, 0.1) is 30.4 Å².